The zero-order valence-electron chi connectivity index (χ0n) is 82.0. The number of aromatic amines is 4. The molecule has 840 valence electrons. The van der Waals surface area contributed by atoms with Crippen molar-refractivity contribution in [1.29, 1.82) is 0 Å². The van der Waals surface area contributed by atoms with Gasteiger partial charge in [0.25, 0.3) is 22.2 Å². The topological polar surface area (TPSA) is 813 Å². The van der Waals surface area contributed by atoms with Gasteiger partial charge in [-0.1, -0.05) is 0 Å². The lowest BCUT2D eigenvalue weighted by atomic mass is 9.96. The van der Waals surface area contributed by atoms with E-state index in [1.807, 2.05) is 0 Å². The molecule has 0 aliphatic carbocycles. The van der Waals surface area contributed by atoms with Gasteiger partial charge < -0.3 is 136 Å². The van der Waals surface area contributed by atoms with Crippen molar-refractivity contribution in [1.82, 2.24) is 38.2 Å². The van der Waals surface area contributed by atoms with E-state index in [-0.39, 0.29) is 32.3 Å². The summed E-state index contributed by atoms with van der Waals surface area (Å²) in [5.41, 5.74) is -11.5. The molecule has 0 spiro atoms. The van der Waals surface area contributed by atoms with Crippen molar-refractivity contribution < 1.29 is 246 Å². The van der Waals surface area contributed by atoms with Crippen LogP contribution >= 0.6 is 80.2 Å². The highest BCUT2D eigenvalue weighted by molar-refractivity contribution is 7.71. The molecule has 16 atom stereocenters. The Hall–Kier alpha value is -9.48. The summed E-state index contributed by atoms with van der Waals surface area (Å²) >= 11 is 20.3. The highest BCUT2D eigenvalue weighted by Gasteiger charge is 2.58. The largest absolute Gasteiger partial charge is 0.510 e. The van der Waals surface area contributed by atoms with E-state index < -0.39 is 303 Å². The fourth-order valence-electron chi connectivity index (χ4n) is 11.6. The Morgan fingerprint density at radius 1 is 0.345 bits per heavy atom. The third kappa shape index (κ3) is 41.3. The fraction of sp³-hybridized carbons (Fsp3) is 0.684. The van der Waals surface area contributed by atoms with E-state index in [9.17, 15) is 117 Å². The highest BCUT2D eigenvalue weighted by atomic mass is 32.1. The van der Waals surface area contributed by atoms with Gasteiger partial charge in [0.05, 0.1) is 66.1 Å². The normalized spacial score (nSPS) is 23.8. The molecule has 4 unspecified atom stereocenters. The van der Waals surface area contributed by atoms with E-state index in [1.54, 1.807) is 69.2 Å². The second-order valence-corrected chi connectivity index (χ2v) is 41.2. The smallest absolute Gasteiger partial charge is 0.438 e. The van der Waals surface area contributed by atoms with Crippen LogP contribution in [0.15, 0.2) is 68.2 Å². The Labute approximate surface area is 858 Å². The van der Waals surface area contributed by atoms with E-state index in [0.717, 1.165) is 38.5 Å². The van der Waals surface area contributed by atoms with Gasteiger partial charge in [-0.2, -0.15) is 0 Å². The number of nitrogens with zero attached hydrogens (tertiary/aromatic N) is 4. The maximum Gasteiger partial charge on any atom is 0.510 e. The number of nitrogens with one attached hydrogen (secondary N) is 4. The van der Waals surface area contributed by atoms with E-state index in [0.29, 0.717) is 0 Å². The molecule has 8 rings (SSSR count). The SMILES string of the molecule is CC(C)(C)OC(=O)OCOP(=O)(OCOC(=O)OC(C)(C)C)OC[C@H]1O[C@@H](n2ccc(=O)[nH]c2=S)C(C)(O)[C@H]1O.CC(C)OC(=O)OCOP(=O)(OCOC(=O)OC(C)C)OC[C@H]1O[C@@H](n2ccc(=O)[nH]c2=S)C(C)(O)[C@H]1O.CCOC(=O)OCOP(=O)(OCOC(=O)OCC)OC[C@H]1O[C@@H](n2ccc(=O)[nH]c2=S)C(C)(O)[C@H]1O.COC(=O)OCOP(=O)(OCOC(=O)OC)OC[C@H]1O[C@@H](n2ccc(=O)[nH]c2=S)C(C)(O)[C@H]1O. The van der Waals surface area contributed by atoms with Crippen molar-refractivity contribution in [2.45, 2.75) is 230 Å². The second kappa shape index (κ2) is 57.8. The van der Waals surface area contributed by atoms with Gasteiger partial charge in [0.2, 0.25) is 54.3 Å². The molecule has 148 heavy (non-hydrogen) atoms. The number of H-pyrrole nitrogens is 4. The van der Waals surface area contributed by atoms with Crippen LogP contribution in [0.4, 0.5) is 38.4 Å². The molecule has 0 bridgehead atoms. The third-order valence-corrected chi connectivity index (χ3v) is 24.9. The molecular weight excluding hydrogens is 2170 g/mol. The number of carbonyl (C=O) groups is 8. The Kier molecular flexibility index (Phi) is 50.4. The summed E-state index contributed by atoms with van der Waals surface area (Å²) < 4.78 is 213. The van der Waals surface area contributed by atoms with Gasteiger partial charge in [-0.15, -0.1) is 0 Å². The molecule has 4 aromatic heterocycles. The number of carbonyl (C=O) groups excluding carboxylic acids is 8. The lowest BCUT2D eigenvalue weighted by molar-refractivity contribution is -0.0987. The fourth-order valence-corrected chi connectivity index (χ4v) is 16.3. The monoisotopic (exact) mass is 2290 g/mol. The molecule has 4 aliphatic rings. The van der Waals surface area contributed by atoms with Crippen LogP contribution in [0.1, 0.15) is 136 Å². The quantitative estimate of drug-likeness (QED) is 0.00704. The first-order valence-electron chi connectivity index (χ1n) is 42.8. The van der Waals surface area contributed by atoms with Crippen LogP contribution in [0.3, 0.4) is 0 Å². The van der Waals surface area contributed by atoms with Crippen LogP contribution in [0.2, 0.25) is 0 Å². The Morgan fingerprint density at radius 3 is 0.709 bits per heavy atom. The first-order valence-corrected chi connectivity index (χ1v) is 50.2. The van der Waals surface area contributed by atoms with Crippen molar-refractivity contribution in [3.8, 4) is 0 Å². The molecule has 12 N–H and O–H groups in total. The predicted octanol–water partition coefficient (Wildman–Crippen LogP) is 6.89. The predicted molar refractivity (Wildman–Crippen MR) is 491 cm³/mol. The number of ether oxygens (including phenoxy) is 20. The van der Waals surface area contributed by atoms with Gasteiger partial charge in [0.1, 0.15) is 82.4 Å². The van der Waals surface area contributed by atoms with Crippen molar-refractivity contribution in [3.05, 3.63) is 110 Å². The van der Waals surface area contributed by atoms with E-state index in [2.05, 4.69) is 67.3 Å². The minimum absolute atomic E-state index is 0.00813. The van der Waals surface area contributed by atoms with E-state index in [4.69, 9.17) is 151 Å². The number of hydrogen-bond donors (Lipinski definition) is 12. The van der Waals surface area contributed by atoms with Gasteiger partial charge in [0.15, 0.2) is 44.0 Å². The summed E-state index contributed by atoms with van der Waals surface area (Å²) in [6.45, 7) is 13.6. The van der Waals surface area contributed by atoms with Crippen molar-refractivity contribution in [3.63, 3.8) is 0 Å². The van der Waals surface area contributed by atoms with Crippen molar-refractivity contribution >= 4 is 129 Å². The van der Waals surface area contributed by atoms with E-state index >= 15 is 0 Å². The number of rotatable bonds is 44. The summed E-state index contributed by atoms with van der Waals surface area (Å²) in [6, 6.07) is 4.53. The van der Waals surface area contributed by atoms with Gasteiger partial charge in [-0.25, -0.2) is 92.8 Å². The van der Waals surface area contributed by atoms with E-state index in [1.165, 1.54) is 84.6 Å². The summed E-state index contributed by atoms with van der Waals surface area (Å²) in [7, 11) is -16.5. The zero-order valence-corrected chi connectivity index (χ0v) is 88.8. The van der Waals surface area contributed by atoms with Crippen LogP contribution in [-0.2, 0) is 167 Å². The van der Waals surface area contributed by atoms with Gasteiger partial charge in [-0.3, -0.25) is 75.5 Å². The molecule has 4 saturated heterocycles. The van der Waals surface area contributed by atoms with Gasteiger partial charge in [0, 0.05) is 49.1 Å². The van der Waals surface area contributed by atoms with Crippen LogP contribution in [-0.4, -0.2) is 331 Å². The lowest BCUT2D eigenvalue weighted by Gasteiger charge is -2.28. The molecule has 0 radical (unpaired) electrons. The molecule has 4 aromatic rings. The van der Waals surface area contributed by atoms with Crippen LogP contribution < -0.4 is 22.2 Å². The minimum atomic E-state index is -4.68. The van der Waals surface area contributed by atoms with Crippen molar-refractivity contribution in [2.75, 3.05) is 108 Å². The lowest BCUT2D eigenvalue weighted by Crippen LogP contribution is -2.44. The molecule has 0 saturated carbocycles. The first-order chi connectivity index (χ1) is 68.7. The Bertz CT molecular complexity index is 5650. The number of methoxy groups -OCH3 is 2. The number of aliphatic hydroxyl groups is 8. The van der Waals surface area contributed by atoms with Crippen LogP contribution in [0.25, 0.3) is 0 Å². The summed E-state index contributed by atoms with van der Waals surface area (Å²) in [5.74, 6) is 0. The van der Waals surface area contributed by atoms with Crippen LogP contribution in [0.5, 0.6) is 0 Å². The van der Waals surface area contributed by atoms with Gasteiger partial charge in [-0.05, 0) is 160 Å². The Balaban J connectivity index is 0.000000347. The molecular formula is C76H116N8O56P4S4. The first kappa shape index (κ1) is 129. The molecule has 64 nitrogen and oxygen atoms in total. The number of phosphoric acid groups is 4. The summed E-state index contributed by atoms with van der Waals surface area (Å²) in [4.78, 5) is 147. The summed E-state index contributed by atoms with van der Waals surface area (Å²) in [5, 5.41) is 85.8. The molecule has 0 amide bonds. The standard InChI is InChI=1S/C22H35N2O14PS.C20H31N2O14PS.C18H27N2O14PS.C16H23N2O14PS/c1-20(2,3)37-18(27)31-11-34-39(30,35-12-32-19(28)38-21(4,5)6)33-10-13-15(26)22(7,29)16(36-13)24-9-8-14(25)23-17(24)40;1-11(2)34-18(25)29-9-32-37(28,33-10-30-19(26)35-12(3)4)31-8-13-15(24)20(5,27)16(36-13)22-7-6-14(23)21-17(22)38;1-4-27-16(23)29-9-32-35(26,33-10-30-17(24)28-5-2)31-8-11-13(22)18(3,25)14(34-11)20-7-6-12(21)19-15(20)36;1-16(23)11(20)9(32-12(16)18-5-4-10(19)17-13(18)34)6-29-33(24,30-7-27-14(21)25-2)31-8-28-15(22)26-3/h8-9,13,15-16,26,29H,10-12H2,1-7H3,(H,23,25,40);6-7,11-13,15-16,24,27H,8-10H2,1-5H3,(H,21,23,38);6-7,11,13-14,22,25H,4-5,8-10H2,1-3H3,(H,19,21,36);4-5,9,11-12,20,23H,6-8H2,1-3H3,(H,17,19,34)/t13-,15+,16-,22?;13-,15+,16-,20?;11-,13+,14-,18?;9-,11+,12-,16?/m1111/s1. The number of aliphatic hydroxyl groups excluding tert-OH is 4. The number of phosphoric ester groups is 4. The Morgan fingerprint density at radius 2 is 0.534 bits per heavy atom. The molecule has 72 heteroatoms. The summed E-state index contributed by atoms with van der Waals surface area (Å²) in [6.07, 6.45) is -21.9. The molecule has 8 heterocycles. The minimum Gasteiger partial charge on any atom is -0.438 e. The van der Waals surface area contributed by atoms with Crippen LogP contribution in [0, 0.1) is 19.1 Å². The van der Waals surface area contributed by atoms with Gasteiger partial charge >= 0.3 is 80.5 Å². The number of aromatic nitrogens is 8. The zero-order chi connectivity index (χ0) is 112. The average Bonchev–Trinajstić information content (AvgIpc) is 1.65. The second-order valence-electron chi connectivity index (χ2n) is 33.0. The maximum absolute atomic E-state index is 13.2. The average molecular weight is 2290 g/mol. The third-order valence-electron chi connectivity index (χ3n) is 18.4. The molecule has 4 fully saturated rings. The molecule has 0 aromatic carbocycles. The maximum atomic E-state index is 13.2. The van der Waals surface area contributed by atoms with Crippen molar-refractivity contribution in [2.24, 2.45) is 0 Å². The highest BCUT2D eigenvalue weighted by Crippen LogP contribution is 2.55. The molecule has 4 aliphatic heterocycles. The number of hydrogen-bond acceptors (Lipinski definition) is 60.